The highest BCUT2D eigenvalue weighted by atomic mass is 16.5. The molecule has 2 aromatic carbocycles. The number of carbonyl (C=O) groups is 2. The smallest absolute Gasteiger partial charge is 0.289 e. The summed E-state index contributed by atoms with van der Waals surface area (Å²) in [5.41, 5.74) is 3.26. The lowest BCUT2D eigenvalue weighted by Gasteiger charge is -2.28. The maximum atomic E-state index is 12.7. The highest BCUT2D eigenvalue weighted by Crippen LogP contribution is 2.26. The molecule has 0 bridgehead atoms. The number of amides is 2. The molecule has 3 aromatic rings. The van der Waals surface area contributed by atoms with Crippen molar-refractivity contribution >= 4 is 17.5 Å². The van der Waals surface area contributed by atoms with E-state index in [4.69, 9.17) is 13.9 Å². The van der Waals surface area contributed by atoms with Crippen LogP contribution in [0.15, 0.2) is 59.2 Å². The Bertz CT molecular complexity index is 1050. The van der Waals surface area contributed by atoms with Crippen LogP contribution in [0.1, 0.15) is 32.0 Å². The van der Waals surface area contributed by atoms with Crippen molar-refractivity contribution in [1.82, 2.24) is 4.90 Å². The van der Waals surface area contributed by atoms with Gasteiger partial charge in [-0.05, 0) is 53.9 Å². The SMILES string of the molecule is COc1cc(OC)cc(C(=O)Nc2ccc3c(c2)CN(C(=O)c2ccco2)CC3)c1. The molecule has 0 unspecified atom stereocenters. The number of rotatable bonds is 5. The van der Waals surface area contributed by atoms with Crippen molar-refractivity contribution in [3.63, 3.8) is 0 Å². The summed E-state index contributed by atoms with van der Waals surface area (Å²) in [5, 5.41) is 2.91. The minimum atomic E-state index is -0.272. The van der Waals surface area contributed by atoms with Gasteiger partial charge in [-0.25, -0.2) is 0 Å². The van der Waals surface area contributed by atoms with Crippen LogP contribution in [0.3, 0.4) is 0 Å². The maximum Gasteiger partial charge on any atom is 0.289 e. The van der Waals surface area contributed by atoms with Crippen LogP contribution in [0.2, 0.25) is 0 Å². The molecule has 4 rings (SSSR count). The summed E-state index contributed by atoms with van der Waals surface area (Å²) in [6, 6.07) is 14.2. The zero-order valence-corrected chi connectivity index (χ0v) is 16.8. The van der Waals surface area contributed by atoms with E-state index in [1.807, 2.05) is 18.2 Å². The number of ether oxygens (including phenoxy) is 2. The van der Waals surface area contributed by atoms with Crippen LogP contribution in [0.25, 0.3) is 0 Å². The van der Waals surface area contributed by atoms with Crippen LogP contribution >= 0.6 is 0 Å². The highest BCUT2D eigenvalue weighted by Gasteiger charge is 2.23. The highest BCUT2D eigenvalue weighted by molar-refractivity contribution is 6.04. The minimum absolute atomic E-state index is 0.136. The number of hydrogen-bond donors (Lipinski definition) is 1. The van der Waals surface area contributed by atoms with Crippen LogP contribution in [-0.4, -0.2) is 37.5 Å². The van der Waals surface area contributed by atoms with Gasteiger partial charge in [0.15, 0.2) is 5.76 Å². The predicted molar refractivity (Wildman–Crippen MR) is 111 cm³/mol. The molecule has 1 aromatic heterocycles. The Morgan fingerprint density at radius 2 is 1.77 bits per heavy atom. The van der Waals surface area contributed by atoms with Gasteiger partial charge < -0.3 is 24.1 Å². The molecule has 0 radical (unpaired) electrons. The Morgan fingerprint density at radius 1 is 1.00 bits per heavy atom. The monoisotopic (exact) mass is 406 g/mol. The van der Waals surface area contributed by atoms with Crippen molar-refractivity contribution in [1.29, 1.82) is 0 Å². The topological polar surface area (TPSA) is 81.0 Å². The molecule has 0 aliphatic carbocycles. The van der Waals surface area contributed by atoms with Crippen molar-refractivity contribution < 1.29 is 23.5 Å². The van der Waals surface area contributed by atoms with Crippen molar-refractivity contribution in [3.8, 4) is 11.5 Å². The number of hydrogen-bond acceptors (Lipinski definition) is 5. The fourth-order valence-corrected chi connectivity index (χ4v) is 3.51. The molecule has 30 heavy (non-hydrogen) atoms. The van der Waals surface area contributed by atoms with Gasteiger partial charge in [-0.15, -0.1) is 0 Å². The molecule has 1 aliphatic rings. The Balaban J connectivity index is 1.51. The first-order valence-electron chi connectivity index (χ1n) is 9.56. The summed E-state index contributed by atoms with van der Waals surface area (Å²) < 4.78 is 15.7. The molecular formula is C23H22N2O5. The lowest BCUT2D eigenvalue weighted by Crippen LogP contribution is -2.35. The third kappa shape index (κ3) is 4.00. The third-order valence-electron chi connectivity index (χ3n) is 5.11. The van der Waals surface area contributed by atoms with Gasteiger partial charge in [0, 0.05) is 30.4 Å². The Labute approximate surface area is 174 Å². The molecule has 0 saturated carbocycles. The van der Waals surface area contributed by atoms with Crippen molar-refractivity contribution in [3.05, 3.63) is 77.2 Å². The molecule has 2 heterocycles. The first kappa shape index (κ1) is 19.6. The Kier molecular flexibility index (Phi) is 5.43. The lowest BCUT2D eigenvalue weighted by molar-refractivity contribution is 0.0702. The lowest BCUT2D eigenvalue weighted by atomic mass is 9.98. The van der Waals surface area contributed by atoms with E-state index in [0.717, 1.165) is 12.0 Å². The quantitative estimate of drug-likeness (QED) is 0.698. The van der Waals surface area contributed by atoms with Gasteiger partial charge in [-0.2, -0.15) is 0 Å². The van der Waals surface area contributed by atoms with Gasteiger partial charge in [0.25, 0.3) is 11.8 Å². The average molecular weight is 406 g/mol. The average Bonchev–Trinajstić information content (AvgIpc) is 3.32. The van der Waals surface area contributed by atoms with E-state index in [2.05, 4.69) is 5.32 Å². The summed E-state index contributed by atoms with van der Waals surface area (Å²) >= 11 is 0. The van der Waals surface area contributed by atoms with Crippen LogP contribution in [0.5, 0.6) is 11.5 Å². The van der Waals surface area contributed by atoms with Gasteiger partial charge in [-0.1, -0.05) is 6.07 Å². The van der Waals surface area contributed by atoms with Crippen molar-refractivity contribution in [2.75, 3.05) is 26.1 Å². The van der Waals surface area contributed by atoms with Crippen molar-refractivity contribution in [2.24, 2.45) is 0 Å². The molecule has 0 atom stereocenters. The standard InChI is InChI=1S/C23H22N2O5/c1-28-19-11-16(12-20(13-19)29-2)22(26)24-18-6-5-15-7-8-25(14-17(15)10-18)23(27)21-4-3-9-30-21/h3-6,9-13H,7-8,14H2,1-2H3,(H,24,26). The molecule has 1 N–H and O–H groups in total. The van der Waals surface area contributed by atoms with E-state index in [9.17, 15) is 9.59 Å². The summed E-state index contributed by atoms with van der Waals surface area (Å²) in [7, 11) is 3.07. The fourth-order valence-electron chi connectivity index (χ4n) is 3.51. The molecule has 7 heteroatoms. The summed E-state index contributed by atoms with van der Waals surface area (Å²) in [4.78, 5) is 27.1. The van der Waals surface area contributed by atoms with E-state index < -0.39 is 0 Å². The molecule has 7 nitrogen and oxygen atoms in total. The molecule has 0 spiro atoms. The third-order valence-corrected chi connectivity index (χ3v) is 5.11. The van der Waals surface area contributed by atoms with Gasteiger partial charge >= 0.3 is 0 Å². The van der Waals surface area contributed by atoms with E-state index in [1.54, 1.807) is 35.2 Å². The second-order valence-electron chi connectivity index (χ2n) is 6.99. The number of carbonyl (C=O) groups excluding carboxylic acids is 2. The molecule has 2 amide bonds. The second kappa shape index (κ2) is 8.32. The Morgan fingerprint density at radius 3 is 2.43 bits per heavy atom. The van der Waals surface area contributed by atoms with Gasteiger partial charge in [-0.3, -0.25) is 9.59 Å². The largest absolute Gasteiger partial charge is 0.497 e. The normalized spacial score (nSPS) is 12.8. The van der Waals surface area contributed by atoms with E-state index in [1.165, 1.54) is 26.0 Å². The van der Waals surface area contributed by atoms with Crippen molar-refractivity contribution in [2.45, 2.75) is 13.0 Å². The van der Waals surface area contributed by atoms with Gasteiger partial charge in [0.2, 0.25) is 0 Å². The summed E-state index contributed by atoms with van der Waals surface area (Å²) in [6.45, 7) is 1.09. The summed E-state index contributed by atoms with van der Waals surface area (Å²) in [5.74, 6) is 0.999. The minimum Gasteiger partial charge on any atom is -0.497 e. The summed E-state index contributed by atoms with van der Waals surface area (Å²) in [6.07, 6.45) is 2.25. The number of anilines is 1. The molecule has 154 valence electrons. The number of methoxy groups -OCH3 is 2. The van der Waals surface area contributed by atoms with E-state index in [-0.39, 0.29) is 11.8 Å². The first-order chi connectivity index (χ1) is 14.6. The number of nitrogens with zero attached hydrogens (tertiary/aromatic N) is 1. The van der Waals surface area contributed by atoms with Gasteiger partial charge in [0.1, 0.15) is 11.5 Å². The number of furan rings is 1. The van der Waals surface area contributed by atoms with E-state index in [0.29, 0.717) is 41.6 Å². The predicted octanol–water partition coefficient (Wildman–Crippen LogP) is 3.75. The van der Waals surface area contributed by atoms with Crippen LogP contribution in [0.4, 0.5) is 5.69 Å². The number of benzene rings is 2. The number of fused-ring (bicyclic) bond motifs is 1. The molecule has 0 fully saturated rings. The first-order valence-corrected chi connectivity index (χ1v) is 9.56. The molecule has 1 aliphatic heterocycles. The Hall–Kier alpha value is -3.74. The molecular weight excluding hydrogens is 384 g/mol. The van der Waals surface area contributed by atoms with Gasteiger partial charge in [0.05, 0.1) is 20.5 Å². The van der Waals surface area contributed by atoms with Crippen LogP contribution in [0, 0.1) is 0 Å². The van der Waals surface area contributed by atoms with E-state index >= 15 is 0 Å². The zero-order valence-electron chi connectivity index (χ0n) is 16.8. The zero-order chi connectivity index (χ0) is 21.1. The second-order valence-corrected chi connectivity index (χ2v) is 6.99. The maximum absolute atomic E-state index is 12.7. The number of nitrogens with one attached hydrogen (secondary N) is 1. The fraction of sp³-hybridized carbons (Fsp3) is 0.217. The van der Waals surface area contributed by atoms with Crippen LogP contribution in [-0.2, 0) is 13.0 Å². The molecule has 0 saturated heterocycles. The van der Waals surface area contributed by atoms with Crippen LogP contribution < -0.4 is 14.8 Å².